The predicted octanol–water partition coefficient (Wildman–Crippen LogP) is 2.41. The molecule has 0 bridgehead atoms. The predicted molar refractivity (Wildman–Crippen MR) is 60.4 cm³/mol. The van der Waals surface area contributed by atoms with Crippen molar-refractivity contribution in [3.63, 3.8) is 0 Å². The summed E-state index contributed by atoms with van der Waals surface area (Å²) in [6, 6.07) is 0.257. The van der Waals surface area contributed by atoms with Crippen molar-refractivity contribution >= 4 is 5.91 Å². The molecule has 0 aliphatic carbocycles. The molecule has 1 fully saturated rings. The second-order valence-electron chi connectivity index (χ2n) is 5.16. The lowest BCUT2D eigenvalue weighted by atomic mass is 10.0. The van der Waals surface area contributed by atoms with Gasteiger partial charge < -0.3 is 9.64 Å². The quantitative estimate of drug-likeness (QED) is 0.720. The van der Waals surface area contributed by atoms with Crippen molar-refractivity contribution in [3.05, 3.63) is 0 Å². The van der Waals surface area contributed by atoms with Crippen molar-refractivity contribution in [1.29, 1.82) is 0 Å². The maximum Gasteiger partial charge on any atom is 0.224 e. The summed E-state index contributed by atoms with van der Waals surface area (Å²) >= 11 is 0. The fourth-order valence-electron chi connectivity index (χ4n) is 2.28. The molecule has 1 saturated heterocycles. The molecule has 0 spiro atoms. The van der Waals surface area contributed by atoms with E-state index in [4.69, 9.17) is 4.74 Å². The Kier molecular flexibility index (Phi) is 3.77. The minimum absolute atomic E-state index is 0.197. The highest BCUT2D eigenvalue weighted by atomic mass is 16.5. The van der Waals surface area contributed by atoms with Gasteiger partial charge in [0.1, 0.15) is 5.72 Å². The molecule has 0 N–H and O–H groups in total. The van der Waals surface area contributed by atoms with Gasteiger partial charge >= 0.3 is 0 Å². The van der Waals surface area contributed by atoms with Crippen molar-refractivity contribution in [1.82, 2.24) is 4.90 Å². The Morgan fingerprint density at radius 3 is 2.60 bits per heavy atom. The first-order valence-corrected chi connectivity index (χ1v) is 5.84. The first-order chi connectivity index (χ1) is 6.88. The van der Waals surface area contributed by atoms with Gasteiger partial charge in [0.05, 0.1) is 12.6 Å². The summed E-state index contributed by atoms with van der Waals surface area (Å²) in [5.74, 6) is 0.794. The molecule has 0 aromatic rings. The van der Waals surface area contributed by atoms with Crippen LogP contribution in [-0.2, 0) is 9.53 Å². The largest absolute Gasteiger partial charge is 0.354 e. The lowest BCUT2D eigenvalue weighted by Crippen LogP contribution is -2.47. The van der Waals surface area contributed by atoms with Gasteiger partial charge in [0.15, 0.2) is 0 Å². The van der Waals surface area contributed by atoms with E-state index in [0.29, 0.717) is 18.9 Å². The average molecular weight is 213 g/mol. The zero-order valence-corrected chi connectivity index (χ0v) is 10.5. The molecule has 0 aromatic carbocycles. The molecule has 0 saturated carbocycles. The number of amides is 1. The molecule has 0 aromatic heterocycles. The molecule has 1 aliphatic heterocycles. The first kappa shape index (κ1) is 12.5. The number of hydrogen-bond donors (Lipinski definition) is 0. The van der Waals surface area contributed by atoms with Crippen LogP contribution in [0.3, 0.4) is 0 Å². The highest BCUT2D eigenvalue weighted by Gasteiger charge is 2.42. The summed E-state index contributed by atoms with van der Waals surface area (Å²) in [6.07, 6.45) is 1.58. The van der Waals surface area contributed by atoms with Gasteiger partial charge in [0.25, 0.3) is 0 Å². The fraction of sp³-hybridized carbons (Fsp3) is 0.917. The number of carbonyl (C=O) groups is 1. The summed E-state index contributed by atoms with van der Waals surface area (Å²) < 4.78 is 5.69. The Morgan fingerprint density at radius 2 is 2.13 bits per heavy atom. The van der Waals surface area contributed by atoms with Gasteiger partial charge in [-0.1, -0.05) is 20.8 Å². The molecule has 88 valence electrons. The monoisotopic (exact) mass is 213 g/mol. The zero-order chi connectivity index (χ0) is 11.6. The lowest BCUT2D eigenvalue weighted by molar-refractivity contribution is -0.146. The minimum atomic E-state index is -0.424. The third-order valence-corrected chi connectivity index (χ3v) is 2.89. The minimum Gasteiger partial charge on any atom is -0.354 e. The smallest absolute Gasteiger partial charge is 0.224 e. The van der Waals surface area contributed by atoms with E-state index in [-0.39, 0.29) is 11.9 Å². The van der Waals surface area contributed by atoms with Crippen LogP contribution in [0.4, 0.5) is 0 Å². The van der Waals surface area contributed by atoms with Gasteiger partial charge in [-0.25, -0.2) is 0 Å². The number of nitrogens with zero attached hydrogens (tertiary/aromatic N) is 1. The maximum absolute atomic E-state index is 11.9. The molecule has 3 nitrogen and oxygen atoms in total. The standard InChI is InChI=1S/C12H23NO2/c1-6-11(14)13-10(7-9(2)3)8-15-12(13,4)5/h9-10H,6-8H2,1-5H3/t10-/m0/s1. The second kappa shape index (κ2) is 4.52. The lowest BCUT2D eigenvalue weighted by Gasteiger charge is -2.34. The second-order valence-corrected chi connectivity index (χ2v) is 5.16. The SMILES string of the molecule is CCC(=O)N1[C@@H](CC(C)C)COC1(C)C. The fourth-order valence-corrected chi connectivity index (χ4v) is 2.28. The summed E-state index contributed by atoms with van der Waals surface area (Å²) in [6.45, 7) is 10.9. The maximum atomic E-state index is 11.9. The van der Waals surface area contributed by atoms with Crippen LogP contribution < -0.4 is 0 Å². The normalized spacial score (nSPS) is 24.9. The van der Waals surface area contributed by atoms with Crippen LogP contribution in [0.5, 0.6) is 0 Å². The van der Waals surface area contributed by atoms with E-state index in [1.54, 1.807) is 0 Å². The Morgan fingerprint density at radius 1 is 1.53 bits per heavy atom. The Labute approximate surface area is 92.8 Å². The molecular weight excluding hydrogens is 190 g/mol. The van der Waals surface area contributed by atoms with E-state index in [1.807, 2.05) is 25.7 Å². The zero-order valence-electron chi connectivity index (χ0n) is 10.5. The van der Waals surface area contributed by atoms with Crippen LogP contribution in [0.15, 0.2) is 0 Å². The molecule has 1 heterocycles. The van der Waals surface area contributed by atoms with Gasteiger partial charge in [0.2, 0.25) is 5.91 Å². The van der Waals surface area contributed by atoms with Crippen molar-refractivity contribution in [2.45, 2.75) is 59.2 Å². The van der Waals surface area contributed by atoms with Gasteiger partial charge in [-0.15, -0.1) is 0 Å². The van der Waals surface area contributed by atoms with Crippen LogP contribution in [0.25, 0.3) is 0 Å². The Bertz CT molecular complexity index is 236. The molecule has 3 heteroatoms. The third-order valence-electron chi connectivity index (χ3n) is 2.89. The van der Waals surface area contributed by atoms with E-state index >= 15 is 0 Å². The molecule has 0 unspecified atom stereocenters. The van der Waals surface area contributed by atoms with Crippen LogP contribution >= 0.6 is 0 Å². The van der Waals surface area contributed by atoms with Crippen molar-refractivity contribution in [2.24, 2.45) is 5.92 Å². The van der Waals surface area contributed by atoms with E-state index < -0.39 is 5.72 Å². The van der Waals surface area contributed by atoms with Gasteiger partial charge in [-0.05, 0) is 26.2 Å². The van der Waals surface area contributed by atoms with Crippen molar-refractivity contribution < 1.29 is 9.53 Å². The number of carbonyl (C=O) groups excluding carboxylic acids is 1. The average Bonchev–Trinajstić information content (AvgIpc) is 2.40. The summed E-state index contributed by atoms with van der Waals surface area (Å²) in [7, 11) is 0. The van der Waals surface area contributed by atoms with Crippen LogP contribution in [0, 0.1) is 5.92 Å². The van der Waals surface area contributed by atoms with E-state index in [0.717, 1.165) is 6.42 Å². The number of rotatable bonds is 3. The summed E-state index contributed by atoms with van der Waals surface area (Å²) in [4.78, 5) is 13.8. The van der Waals surface area contributed by atoms with Crippen molar-refractivity contribution in [2.75, 3.05) is 6.61 Å². The molecule has 0 radical (unpaired) electrons. The van der Waals surface area contributed by atoms with Gasteiger partial charge in [-0.2, -0.15) is 0 Å². The number of hydrogen-bond acceptors (Lipinski definition) is 2. The molecule has 15 heavy (non-hydrogen) atoms. The summed E-state index contributed by atoms with van der Waals surface area (Å²) in [5, 5.41) is 0. The molecule has 1 aliphatic rings. The molecule has 1 atom stereocenters. The third kappa shape index (κ3) is 2.71. The van der Waals surface area contributed by atoms with E-state index in [9.17, 15) is 4.79 Å². The first-order valence-electron chi connectivity index (χ1n) is 5.84. The van der Waals surface area contributed by atoms with Crippen LogP contribution in [0.1, 0.15) is 47.5 Å². The van der Waals surface area contributed by atoms with E-state index in [2.05, 4.69) is 13.8 Å². The van der Waals surface area contributed by atoms with Crippen LogP contribution in [0.2, 0.25) is 0 Å². The Hall–Kier alpha value is -0.570. The van der Waals surface area contributed by atoms with Crippen molar-refractivity contribution in [3.8, 4) is 0 Å². The Balaban J connectivity index is 2.77. The van der Waals surface area contributed by atoms with Gasteiger partial charge in [0, 0.05) is 6.42 Å². The molecule has 1 amide bonds. The highest BCUT2D eigenvalue weighted by molar-refractivity contribution is 5.77. The number of ether oxygens (including phenoxy) is 1. The topological polar surface area (TPSA) is 29.5 Å². The summed E-state index contributed by atoms with van der Waals surface area (Å²) in [5.41, 5.74) is -0.424. The van der Waals surface area contributed by atoms with E-state index in [1.165, 1.54) is 0 Å². The molecular formula is C12H23NO2. The highest BCUT2D eigenvalue weighted by Crippen LogP contribution is 2.30. The van der Waals surface area contributed by atoms with Gasteiger partial charge in [-0.3, -0.25) is 4.79 Å². The van der Waals surface area contributed by atoms with Crippen LogP contribution in [-0.4, -0.2) is 29.2 Å². The molecule has 1 rings (SSSR count).